The smallest absolute Gasteiger partial charge is 0.0886 e. The van der Waals surface area contributed by atoms with Gasteiger partial charge in [-0.1, -0.05) is 12.1 Å². The summed E-state index contributed by atoms with van der Waals surface area (Å²) in [5.41, 5.74) is 1.83. The van der Waals surface area contributed by atoms with Crippen molar-refractivity contribution in [2.24, 2.45) is 0 Å². The molecule has 16 heavy (non-hydrogen) atoms. The average Bonchev–Trinajstić information content (AvgIpc) is 2.32. The van der Waals surface area contributed by atoms with Gasteiger partial charge in [0.2, 0.25) is 0 Å². The van der Waals surface area contributed by atoms with Crippen molar-refractivity contribution < 1.29 is 15.1 Å². The van der Waals surface area contributed by atoms with Crippen LogP contribution in [0.15, 0.2) is 48.8 Å². The Morgan fingerprint density at radius 2 is 1.19 bits per heavy atom. The molecule has 0 saturated heterocycles. The predicted octanol–water partition coefficient (Wildman–Crippen LogP) is 3.97. The number of hydrogen-bond acceptors (Lipinski definition) is 2. The van der Waals surface area contributed by atoms with Crippen molar-refractivity contribution in [1.29, 1.82) is 0 Å². The van der Waals surface area contributed by atoms with Gasteiger partial charge in [0.25, 0.3) is 0 Å². The van der Waals surface area contributed by atoms with Crippen molar-refractivity contribution >= 4 is 19.4 Å². The summed E-state index contributed by atoms with van der Waals surface area (Å²) in [7, 11) is 9.71. The monoisotopic (exact) mass is 343 g/mol. The second-order valence-electron chi connectivity index (χ2n) is 2.48. The minimum atomic E-state index is -0.346. The first-order chi connectivity index (χ1) is 7.38. The van der Waals surface area contributed by atoms with E-state index < -0.39 is 0 Å². The van der Waals surface area contributed by atoms with E-state index in [-0.39, 0.29) is 22.6 Å². The molecule has 2 aromatic heterocycles. The summed E-state index contributed by atoms with van der Waals surface area (Å²) in [6.07, 6.45) is 3.54. The molecule has 2 heterocycles. The molecule has 0 aliphatic heterocycles. The van der Waals surface area contributed by atoms with Gasteiger partial charge >= 0.3 is 34.5 Å². The first kappa shape index (κ1) is 15.5. The molecule has 2 nitrogen and oxygen atoms in total. The Kier molecular flexibility index (Phi) is 9.41. The van der Waals surface area contributed by atoms with E-state index >= 15 is 0 Å². The molecule has 0 aliphatic rings. The molecule has 0 atom stereocenters. The molecular weight excluding hydrogens is 332 g/mol. The Morgan fingerprint density at radius 3 is 1.44 bits per heavy atom. The van der Waals surface area contributed by atoms with Crippen molar-refractivity contribution in [3.05, 3.63) is 56.2 Å². The van der Waals surface area contributed by atoms with Crippen molar-refractivity contribution in [2.75, 3.05) is 0 Å². The van der Waals surface area contributed by atoms with Gasteiger partial charge in [0.15, 0.2) is 0 Å². The largest absolute Gasteiger partial charge is 0.255 e. The molecule has 5 heteroatoms. The van der Waals surface area contributed by atoms with Gasteiger partial charge in [-0.3, -0.25) is 9.97 Å². The van der Waals surface area contributed by atoms with E-state index in [4.69, 9.17) is 19.4 Å². The van der Waals surface area contributed by atoms with Crippen LogP contribution in [-0.4, -0.2) is 9.97 Å². The molecule has 0 amide bonds. The number of hydrogen-bond donors (Lipinski definition) is 0. The topological polar surface area (TPSA) is 25.8 Å². The van der Waals surface area contributed by atoms with Gasteiger partial charge in [0.05, 0.1) is 11.4 Å². The second-order valence-corrected chi connectivity index (χ2v) is 5.12. The summed E-state index contributed by atoms with van der Waals surface area (Å²) in [6.45, 7) is 0. The Balaban J connectivity index is 0.000000511. The Labute approximate surface area is 112 Å². The van der Waals surface area contributed by atoms with E-state index in [1.165, 1.54) is 0 Å². The number of halogens is 2. The van der Waals surface area contributed by atoms with Crippen LogP contribution >= 0.6 is 19.4 Å². The van der Waals surface area contributed by atoms with Crippen LogP contribution in [0.25, 0.3) is 11.4 Å². The normalized spacial score (nSPS) is 8.62. The van der Waals surface area contributed by atoms with Crippen molar-refractivity contribution in [3.8, 4) is 11.4 Å². The first-order valence-electron chi connectivity index (χ1n) is 4.06. The SMILES string of the molecule is [CH3-].[Cl][Ru][Cl].c1ccc(-c2ccccn2)nc1. The summed E-state index contributed by atoms with van der Waals surface area (Å²) in [6, 6.07) is 11.6. The van der Waals surface area contributed by atoms with Crippen molar-refractivity contribution in [2.45, 2.75) is 0 Å². The molecule has 0 unspecified atom stereocenters. The van der Waals surface area contributed by atoms with Gasteiger partial charge in [-0.25, -0.2) is 0 Å². The van der Waals surface area contributed by atoms with E-state index in [9.17, 15) is 0 Å². The third-order valence-electron chi connectivity index (χ3n) is 1.59. The summed E-state index contributed by atoms with van der Waals surface area (Å²) in [4.78, 5) is 8.37. The maximum absolute atomic E-state index is 4.85. The summed E-state index contributed by atoms with van der Waals surface area (Å²) in [5.74, 6) is 0. The van der Waals surface area contributed by atoms with Gasteiger partial charge in [-0.15, -0.1) is 0 Å². The average molecular weight is 343 g/mol. The van der Waals surface area contributed by atoms with Crippen LogP contribution in [0, 0.1) is 7.43 Å². The van der Waals surface area contributed by atoms with Crippen LogP contribution in [0.1, 0.15) is 0 Å². The summed E-state index contributed by atoms with van der Waals surface area (Å²) in [5, 5.41) is 0. The predicted molar refractivity (Wildman–Crippen MR) is 65.6 cm³/mol. The number of rotatable bonds is 1. The zero-order chi connectivity index (χ0) is 10.9. The van der Waals surface area contributed by atoms with Crippen LogP contribution in [-0.2, 0) is 15.1 Å². The summed E-state index contributed by atoms with van der Waals surface area (Å²) < 4.78 is 0. The Morgan fingerprint density at radius 1 is 0.812 bits per heavy atom. The second kappa shape index (κ2) is 9.71. The maximum Gasteiger partial charge on any atom is 0.0886 e. The van der Waals surface area contributed by atoms with Gasteiger partial charge in [0.1, 0.15) is 0 Å². The third-order valence-corrected chi connectivity index (χ3v) is 1.59. The van der Waals surface area contributed by atoms with Gasteiger partial charge in [-0.2, -0.15) is 0 Å². The van der Waals surface area contributed by atoms with Crippen LogP contribution in [0.4, 0.5) is 0 Å². The molecule has 0 bridgehead atoms. The molecule has 0 aliphatic carbocycles. The molecular formula is C11H11Cl2N2Ru-. The quantitative estimate of drug-likeness (QED) is 0.578. The number of pyridine rings is 2. The van der Waals surface area contributed by atoms with Crippen molar-refractivity contribution in [3.63, 3.8) is 0 Å². The van der Waals surface area contributed by atoms with E-state index in [1.807, 2.05) is 36.4 Å². The van der Waals surface area contributed by atoms with E-state index in [2.05, 4.69) is 9.97 Å². The molecule has 0 fully saturated rings. The molecule has 0 N–H and O–H groups in total. The van der Waals surface area contributed by atoms with E-state index in [1.54, 1.807) is 12.4 Å². The van der Waals surface area contributed by atoms with Crippen LogP contribution < -0.4 is 0 Å². The van der Waals surface area contributed by atoms with Crippen molar-refractivity contribution in [1.82, 2.24) is 9.97 Å². The fourth-order valence-electron chi connectivity index (χ4n) is 1.03. The fourth-order valence-corrected chi connectivity index (χ4v) is 1.03. The van der Waals surface area contributed by atoms with Gasteiger partial charge in [0, 0.05) is 12.4 Å². The number of nitrogens with zero attached hydrogens (tertiary/aromatic N) is 2. The van der Waals surface area contributed by atoms with Crippen LogP contribution in [0.2, 0.25) is 0 Å². The van der Waals surface area contributed by atoms with Crippen LogP contribution in [0.3, 0.4) is 0 Å². The minimum absolute atomic E-state index is 0. The minimum Gasteiger partial charge on any atom is -0.255 e. The zero-order valence-corrected chi connectivity index (χ0v) is 11.9. The molecule has 0 radical (unpaired) electrons. The molecule has 0 spiro atoms. The standard InChI is InChI=1S/C10H8N2.CH3.2ClH.Ru/c1-3-7-11-9(5-1)10-6-2-4-8-12-10;;;;/h1-8H;1H3;2*1H;/q;-1;;;+2/p-2. The maximum atomic E-state index is 4.85. The molecule has 0 saturated carbocycles. The Hall–Kier alpha value is -0.497. The Bertz CT molecular complexity index is 333. The third kappa shape index (κ3) is 5.55. The molecule has 2 rings (SSSR count). The molecule has 88 valence electrons. The van der Waals surface area contributed by atoms with Gasteiger partial charge < -0.3 is 7.43 Å². The first-order valence-corrected chi connectivity index (χ1v) is 8.53. The molecule has 2 aromatic rings. The van der Waals surface area contributed by atoms with Crippen LogP contribution in [0.5, 0.6) is 0 Å². The zero-order valence-electron chi connectivity index (χ0n) is 8.62. The fraction of sp³-hybridized carbons (Fsp3) is 0. The van der Waals surface area contributed by atoms with Gasteiger partial charge in [-0.05, 0) is 24.3 Å². The number of aromatic nitrogens is 2. The van der Waals surface area contributed by atoms with E-state index in [0.29, 0.717) is 0 Å². The van der Waals surface area contributed by atoms with E-state index in [0.717, 1.165) is 11.4 Å². The molecule has 0 aromatic carbocycles. The summed E-state index contributed by atoms with van der Waals surface area (Å²) >= 11 is -0.346.